The first-order chi connectivity index (χ1) is 8.13. The Bertz CT molecular complexity index is 546. The van der Waals surface area contributed by atoms with Crippen LogP contribution in [0.1, 0.15) is 18.9 Å². The van der Waals surface area contributed by atoms with E-state index in [1.807, 2.05) is 6.92 Å². The molecule has 0 saturated carbocycles. The number of nitro groups is 1. The molecular weight excluding hydrogens is 240 g/mol. The summed E-state index contributed by atoms with van der Waals surface area (Å²) in [5.41, 5.74) is 7.49. The molecule has 0 bridgehead atoms. The molecule has 2 rings (SSSR count). The van der Waals surface area contributed by atoms with Crippen molar-refractivity contribution in [2.24, 2.45) is 0 Å². The molecule has 0 aromatic carbocycles. The van der Waals surface area contributed by atoms with Gasteiger partial charge in [0.2, 0.25) is 0 Å². The van der Waals surface area contributed by atoms with Gasteiger partial charge in [-0.05, 0) is 12.5 Å². The average Bonchev–Trinajstić information content (AvgIpc) is 2.87. The van der Waals surface area contributed by atoms with Gasteiger partial charge in [-0.3, -0.25) is 15.2 Å². The number of aromatic amines is 1. The Morgan fingerprint density at radius 1 is 1.59 bits per heavy atom. The summed E-state index contributed by atoms with van der Waals surface area (Å²) in [6.45, 7) is 2.05. The van der Waals surface area contributed by atoms with Gasteiger partial charge in [-0.25, -0.2) is 0 Å². The van der Waals surface area contributed by atoms with Crippen molar-refractivity contribution in [2.45, 2.75) is 19.8 Å². The smallest absolute Gasteiger partial charge is 0.324 e. The molecule has 6 nitrogen and oxygen atoms in total. The van der Waals surface area contributed by atoms with Gasteiger partial charge in [0, 0.05) is 11.6 Å². The molecule has 7 heteroatoms. The van der Waals surface area contributed by atoms with Crippen LogP contribution in [0.15, 0.2) is 12.1 Å². The van der Waals surface area contributed by atoms with Gasteiger partial charge in [-0.1, -0.05) is 24.7 Å². The number of anilines is 1. The topological polar surface area (TPSA) is 97.8 Å². The molecule has 0 aliphatic heterocycles. The molecule has 2 heterocycles. The molecule has 0 spiro atoms. The predicted octanol–water partition coefficient (Wildman–Crippen LogP) is 2.58. The van der Waals surface area contributed by atoms with Crippen LogP contribution < -0.4 is 5.73 Å². The minimum absolute atomic E-state index is 0.121. The number of rotatable bonds is 4. The minimum atomic E-state index is -0.395. The maximum Gasteiger partial charge on any atom is 0.324 e. The normalized spacial score (nSPS) is 10.6. The van der Waals surface area contributed by atoms with E-state index >= 15 is 0 Å². The summed E-state index contributed by atoms with van der Waals surface area (Å²) in [6, 6.07) is 3.21. The molecule has 0 aliphatic carbocycles. The second-order valence-electron chi connectivity index (χ2n) is 3.61. The van der Waals surface area contributed by atoms with Gasteiger partial charge >= 0.3 is 5.00 Å². The van der Waals surface area contributed by atoms with Crippen molar-refractivity contribution >= 4 is 22.2 Å². The lowest BCUT2D eigenvalue weighted by Crippen LogP contribution is -1.91. The van der Waals surface area contributed by atoms with Crippen LogP contribution in [0.3, 0.4) is 0 Å². The second-order valence-corrected chi connectivity index (χ2v) is 4.67. The van der Waals surface area contributed by atoms with Crippen molar-refractivity contribution in [3.63, 3.8) is 0 Å². The van der Waals surface area contributed by atoms with E-state index in [0.717, 1.165) is 40.3 Å². The average molecular weight is 252 g/mol. The zero-order chi connectivity index (χ0) is 12.4. The fourth-order valence-corrected chi connectivity index (χ4v) is 2.49. The van der Waals surface area contributed by atoms with E-state index in [9.17, 15) is 10.1 Å². The molecule has 0 fully saturated rings. The monoisotopic (exact) mass is 252 g/mol. The number of aromatic nitrogens is 2. The number of hydrogen-bond acceptors (Lipinski definition) is 5. The number of nitrogens with zero attached hydrogens (tertiary/aromatic N) is 2. The zero-order valence-electron chi connectivity index (χ0n) is 9.27. The molecular formula is C10H12N4O2S. The van der Waals surface area contributed by atoms with Gasteiger partial charge in [0.05, 0.1) is 15.5 Å². The predicted molar refractivity (Wildman–Crippen MR) is 67.0 cm³/mol. The highest BCUT2D eigenvalue weighted by atomic mass is 32.1. The van der Waals surface area contributed by atoms with Crippen LogP contribution in [0.4, 0.5) is 10.8 Å². The summed E-state index contributed by atoms with van der Waals surface area (Å²) in [6.07, 6.45) is 1.76. The van der Waals surface area contributed by atoms with Crippen LogP contribution >= 0.6 is 11.3 Å². The highest BCUT2D eigenvalue weighted by Gasteiger charge is 2.17. The molecule has 17 heavy (non-hydrogen) atoms. The lowest BCUT2D eigenvalue weighted by Gasteiger charge is -1.98. The van der Waals surface area contributed by atoms with Crippen molar-refractivity contribution in [1.82, 2.24) is 10.2 Å². The Morgan fingerprint density at radius 2 is 2.35 bits per heavy atom. The summed E-state index contributed by atoms with van der Waals surface area (Å²) in [7, 11) is 0. The number of nitrogens with one attached hydrogen (secondary N) is 1. The number of H-pyrrole nitrogens is 1. The lowest BCUT2D eigenvalue weighted by molar-refractivity contribution is -0.380. The summed E-state index contributed by atoms with van der Waals surface area (Å²) in [5, 5.41) is 17.5. The van der Waals surface area contributed by atoms with Crippen molar-refractivity contribution in [3.8, 4) is 10.6 Å². The van der Waals surface area contributed by atoms with Crippen molar-refractivity contribution in [3.05, 3.63) is 27.8 Å². The molecule has 2 aromatic rings. The second kappa shape index (κ2) is 4.54. The molecule has 90 valence electrons. The van der Waals surface area contributed by atoms with Crippen molar-refractivity contribution in [1.29, 1.82) is 0 Å². The first-order valence-corrected chi connectivity index (χ1v) is 6.02. The van der Waals surface area contributed by atoms with Crippen molar-refractivity contribution in [2.75, 3.05) is 5.73 Å². The number of hydrogen-bond donors (Lipinski definition) is 2. The zero-order valence-corrected chi connectivity index (χ0v) is 10.1. The van der Waals surface area contributed by atoms with Crippen LogP contribution in [-0.2, 0) is 6.42 Å². The molecule has 0 aliphatic rings. The van der Waals surface area contributed by atoms with Gasteiger partial charge < -0.3 is 5.73 Å². The molecule has 0 atom stereocenters. The highest BCUT2D eigenvalue weighted by molar-refractivity contribution is 7.18. The standard InChI is InChI=1S/C10H12N4O2S/c1-2-3-6-9(12-13-10(6)11)7-4-5-8(17-7)14(15)16/h4-5H,2-3H2,1H3,(H3,11,12,13). The quantitative estimate of drug-likeness (QED) is 0.645. The van der Waals surface area contributed by atoms with E-state index in [2.05, 4.69) is 10.2 Å². The Labute approximate surface area is 102 Å². The van der Waals surface area contributed by atoms with Crippen molar-refractivity contribution < 1.29 is 4.92 Å². The van der Waals surface area contributed by atoms with Crippen LogP contribution in [0.25, 0.3) is 10.6 Å². The number of nitrogen functional groups attached to an aromatic ring is 1. The Kier molecular flexibility index (Phi) is 3.10. The first-order valence-electron chi connectivity index (χ1n) is 5.20. The number of nitrogens with two attached hydrogens (primary N) is 1. The molecule has 0 unspecified atom stereocenters. The molecule has 0 saturated heterocycles. The maximum atomic E-state index is 10.6. The molecule has 0 amide bonds. The summed E-state index contributed by atoms with van der Waals surface area (Å²) >= 11 is 1.12. The van der Waals surface area contributed by atoms with Gasteiger partial charge in [0.1, 0.15) is 5.82 Å². The van der Waals surface area contributed by atoms with Crippen LogP contribution in [0.5, 0.6) is 0 Å². The van der Waals surface area contributed by atoms with Gasteiger partial charge in [-0.2, -0.15) is 5.10 Å². The molecule has 0 radical (unpaired) electrons. The number of thiophene rings is 1. The highest BCUT2D eigenvalue weighted by Crippen LogP contribution is 2.35. The van der Waals surface area contributed by atoms with E-state index in [1.54, 1.807) is 6.07 Å². The van der Waals surface area contributed by atoms with E-state index in [0.29, 0.717) is 5.82 Å². The largest absolute Gasteiger partial charge is 0.382 e. The summed E-state index contributed by atoms with van der Waals surface area (Å²) in [4.78, 5) is 11.0. The first kappa shape index (κ1) is 11.6. The van der Waals surface area contributed by atoms with Crippen LogP contribution in [0, 0.1) is 10.1 Å². The van der Waals surface area contributed by atoms with E-state index < -0.39 is 4.92 Å². The SMILES string of the molecule is CCCc1c(N)n[nH]c1-c1ccc([N+](=O)[O-])s1. The fraction of sp³-hybridized carbons (Fsp3) is 0.300. The third kappa shape index (κ3) is 2.14. The molecule has 2 aromatic heterocycles. The van der Waals surface area contributed by atoms with Gasteiger partial charge in [0.15, 0.2) is 0 Å². The van der Waals surface area contributed by atoms with Gasteiger partial charge in [0.25, 0.3) is 0 Å². The fourth-order valence-electron chi connectivity index (χ4n) is 1.65. The third-order valence-corrected chi connectivity index (χ3v) is 3.47. The van der Waals surface area contributed by atoms with Crippen LogP contribution in [0.2, 0.25) is 0 Å². The van der Waals surface area contributed by atoms with Crippen LogP contribution in [-0.4, -0.2) is 15.1 Å². The molecule has 3 N–H and O–H groups in total. The maximum absolute atomic E-state index is 10.6. The van der Waals surface area contributed by atoms with E-state index in [-0.39, 0.29) is 5.00 Å². The van der Waals surface area contributed by atoms with E-state index in [4.69, 9.17) is 5.73 Å². The Balaban J connectivity index is 2.41. The Hall–Kier alpha value is -1.89. The lowest BCUT2D eigenvalue weighted by atomic mass is 10.1. The summed E-state index contributed by atoms with van der Waals surface area (Å²) < 4.78 is 0. The summed E-state index contributed by atoms with van der Waals surface area (Å²) in [5.74, 6) is 0.470. The van der Waals surface area contributed by atoms with Gasteiger partial charge in [-0.15, -0.1) is 0 Å². The third-order valence-electron chi connectivity index (χ3n) is 2.42. The van der Waals surface area contributed by atoms with E-state index in [1.165, 1.54) is 6.07 Å². The Morgan fingerprint density at radius 3 is 2.94 bits per heavy atom. The minimum Gasteiger partial charge on any atom is -0.382 e.